The Labute approximate surface area is 161 Å². The summed E-state index contributed by atoms with van der Waals surface area (Å²) in [5, 5.41) is 16.2. The number of carbonyl (C=O) groups excluding carboxylic acids is 1. The zero-order valence-electron chi connectivity index (χ0n) is 12.7. The van der Waals surface area contributed by atoms with Crippen molar-refractivity contribution in [2.24, 2.45) is 0 Å². The summed E-state index contributed by atoms with van der Waals surface area (Å²) < 4.78 is 5.83. The van der Waals surface area contributed by atoms with Crippen molar-refractivity contribution in [3.63, 3.8) is 0 Å². The van der Waals surface area contributed by atoms with Crippen molar-refractivity contribution in [1.29, 1.82) is 0 Å². The van der Waals surface area contributed by atoms with Gasteiger partial charge in [-0.05, 0) is 52.4 Å². The molecule has 2 rings (SSSR count). The molecule has 0 bridgehead atoms. The first kappa shape index (κ1) is 19.1. The summed E-state index contributed by atoms with van der Waals surface area (Å²) in [6.45, 7) is 0. The Balaban J connectivity index is 2.10. The number of non-ortho nitro benzene ring substituents is 1. The molecule has 0 spiro atoms. The number of hydrogen-bond donors (Lipinski definition) is 2. The number of nitrogens with one attached hydrogen (secondary N) is 2. The SMILES string of the molecule is COc1ccc(NC(=S)NC(=O)c2cc([N+](=O)[O-])ccc2Cl)cc1Br. The molecule has 130 valence electrons. The topological polar surface area (TPSA) is 93.5 Å². The fraction of sp³-hybridized carbons (Fsp3) is 0.0667. The summed E-state index contributed by atoms with van der Waals surface area (Å²) in [5.41, 5.74) is 0.326. The molecular weight excluding hydrogens is 434 g/mol. The van der Waals surface area contributed by atoms with Gasteiger partial charge in [0.25, 0.3) is 11.6 Å². The Bertz CT molecular complexity index is 863. The van der Waals surface area contributed by atoms with E-state index in [0.717, 1.165) is 6.07 Å². The molecule has 0 aromatic heterocycles. The number of methoxy groups -OCH3 is 1. The van der Waals surface area contributed by atoms with Crippen LogP contribution in [-0.2, 0) is 0 Å². The van der Waals surface area contributed by atoms with Crippen LogP contribution in [-0.4, -0.2) is 23.1 Å². The molecule has 7 nitrogen and oxygen atoms in total. The van der Waals surface area contributed by atoms with E-state index in [1.807, 2.05) is 0 Å². The number of thiocarbonyl (C=S) groups is 1. The highest BCUT2D eigenvalue weighted by atomic mass is 79.9. The van der Waals surface area contributed by atoms with Crippen LogP contribution in [0.15, 0.2) is 40.9 Å². The molecule has 2 N–H and O–H groups in total. The summed E-state index contributed by atoms with van der Waals surface area (Å²) >= 11 is 14.3. The van der Waals surface area contributed by atoms with Crippen LogP contribution in [0, 0.1) is 10.1 Å². The molecule has 2 aromatic carbocycles. The number of nitro benzene ring substituents is 1. The minimum absolute atomic E-state index is 0.0182. The Morgan fingerprint density at radius 2 is 2.04 bits per heavy atom. The quantitative estimate of drug-likeness (QED) is 0.418. The molecule has 10 heteroatoms. The van der Waals surface area contributed by atoms with E-state index in [4.69, 9.17) is 28.6 Å². The minimum Gasteiger partial charge on any atom is -0.496 e. The summed E-state index contributed by atoms with van der Waals surface area (Å²) in [6.07, 6.45) is 0. The Kier molecular flexibility index (Phi) is 6.29. The zero-order chi connectivity index (χ0) is 18.6. The van der Waals surface area contributed by atoms with Gasteiger partial charge in [-0.15, -0.1) is 0 Å². The number of nitro groups is 1. The molecule has 0 saturated heterocycles. The molecular formula is C15H11BrClN3O4S. The summed E-state index contributed by atoms with van der Waals surface area (Å²) in [6, 6.07) is 8.73. The molecule has 0 aliphatic rings. The first-order chi connectivity index (χ1) is 11.8. The van der Waals surface area contributed by atoms with E-state index in [2.05, 4.69) is 26.6 Å². The number of rotatable bonds is 4. The number of amides is 1. The second-order valence-electron chi connectivity index (χ2n) is 4.68. The van der Waals surface area contributed by atoms with Crippen LogP contribution in [0.25, 0.3) is 0 Å². The molecule has 0 atom stereocenters. The number of carbonyl (C=O) groups is 1. The average Bonchev–Trinajstić information content (AvgIpc) is 2.54. The van der Waals surface area contributed by atoms with Gasteiger partial charge in [0, 0.05) is 17.8 Å². The summed E-state index contributed by atoms with van der Waals surface area (Å²) in [5.74, 6) is -0.0114. The van der Waals surface area contributed by atoms with E-state index in [1.165, 1.54) is 12.1 Å². The van der Waals surface area contributed by atoms with Crippen LogP contribution in [0.3, 0.4) is 0 Å². The molecule has 1 amide bonds. The van der Waals surface area contributed by atoms with Gasteiger partial charge in [-0.2, -0.15) is 0 Å². The van der Waals surface area contributed by atoms with Gasteiger partial charge < -0.3 is 10.1 Å². The first-order valence-corrected chi connectivity index (χ1v) is 8.29. The fourth-order valence-electron chi connectivity index (χ4n) is 1.88. The third-order valence-corrected chi connectivity index (χ3v) is 4.20. The van der Waals surface area contributed by atoms with E-state index >= 15 is 0 Å². The Morgan fingerprint density at radius 1 is 1.32 bits per heavy atom. The monoisotopic (exact) mass is 443 g/mol. The van der Waals surface area contributed by atoms with Crippen LogP contribution in [0.1, 0.15) is 10.4 Å². The van der Waals surface area contributed by atoms with Crippen molar-refractivity contribution in [2.45, 2.75) is 0 Å². The first-order valence-electron chi connectivity index (χ1n) is 6.71. The standard InChI is InChI=1S/C15H11BrClN3O4S/c1-24-13-5-2-8(6-11(13)16)18-15(25)19-14(21)10-7-9(20(22)23)3-4-12(10)17/h2-7H,1H3,(H2,18,19,21,25). The highest BCUT2D eigenvalue weighted by Crippen LogP contribution is 2.27. The Morgan fingerprint density at radius 3 is 2.64 bits per heavy atom. The molecule has 0 radical (unpaired) electrons. The summed E-state index contributed by atoms with van der Waals surface area (Å²) in [4.78, 5) is 22.4. The lowest BCUT2D eigenvalue weighted by molar-refractivity contribution is -0.384. The van der Waals surface area contributed by atoms with Crippen LogP contribution < -0.4 is 15.4 Å². The van der Waals surface area contributed by atoms with Gasteiger partial charge in [0.1, 0.15) is 5.75 Å². The number of hydrogen-bond acceptors (Lipinski definition) is 5. The second-order valence-corrected chi connectivity index (χ2v) is 6.35. The molecule has 25 heavy (non-hydrogen) atoms. The highest BCUT2D eigenvalue weighted by Gasteiger charge is 2.17. The van der Waals surface area contributed by atoms with Crippen molar-refractivity contribution >= 4 is 62.1 Å². The number of ether oxygens (including phenoxy) is 1. The number of halogens is 2. The van der Waals surface area contributed by atoms with Crippen molar-refractivity contribution in [1.82, 2.24) is 5.32 Å². The fourth-order valence-corrected chi connectivity index (χ4v) is 2.83. The van der Waals surface area contributed by atoms with Crippen LogP contribution >= 0.6 is 39.7 Å². The van der Waals surface area contributed by atoms with Gasteiger partial charge in [-0.3, -0.25) is 20.2 Å². The predicted octanol–water partition coefficient (Wildman–Crippen LogP) is 4.15. The predicted molar refractivity (Wildman–Crippen MR) is 102 cm³/mol. The number of anilines is 1. The second kappa shape index (κ2) is 8.24. The number of benzene rings is 2. The van der Waals surface area contributed by atoms with E-state index in [1.54, 1.807) is 25.3 Å². The zero-order valence-corrected chi connectivity index (χ0v) is 15.9. The molecule has 0 aliphatic carbocycles. The Hall–Kier alpha value is -2.23. The normalized spacial score (nSPS) is 10.0. The third-order valence-electron chi connectivity index (χ3n) is 3.04. The van der Waals surface area contributed by atoms with Crippen molar-refractivity contribution < 1.29 is 14.5 Å². The maximum atomic E-state index is 12.2. The lowest BCUT2D eigenvalue weighted by Crippen LogP contribution is -2.34. The molecule has 0 fully saturated rings. The largest absolute Gasteiger partial charge is 0.496 e. The molecule has 2 aromatic rings. The number of nitrogens with zero attached hydrogens (tertiary/aromatic N) is 1. The minimum atomic E-state index is -0.654. The molecule has 0 heterocycles. The van der Waals surface area contributed by atoms with Gasteiger partial charge >= 0.3 is 0 Å². The van der Waals surface area contributed by atoms with Crippen molar-refractivity contribution in [2.75, 3.05) is 12.4 Å². The van der Waals surface area contributed by atoms with Crippen LogP contribution in [0.4, 0.5) is 11.4 Å². The van der Waals surface area contributed by atoms with Crippen LogP contribution in [0.2, 0.25) is 5.02 Å². The third kappa shape index (κ3) is 4.88. The van der Waals surface area contributed by atoms with E-state index < -0.39 is 10.8 Å². The van der Waals surface area contributed by atoms with Gasteiger partial charge in [0.05, 0.1) is 27.1 Å². The van der Waals surface area contributed by atoms with Gasteiger partial charge in [-0.25, -0.2) is 0 Å². The van der Waals surface area contributed by atoms with Crippen LogP contribution in [0.5, 0.6) is 5.75 Å². The van der Waals surface area contributed by atoms with Crippen molar-refractivity contribution in [3.05, 3.63) is 61.6 Å². The molecule has 0 unspecified atom stereocenters. The van der Waals surface area contributed by atoms with E-state index in [-0.39, 0.29) is 21.4 Å². The lowest BCUT2D eigenvalue weighted by Gasteiger charge is -2.11. The smallest absolute Gasteiger partial charge is 0.270 e. The van der Waals surface area contributed by atoms with Gasteiger partial charge in [0.15, 0.2) is 5.11 Å². The molecule has 0 saturated carbocycles. The maximum Gasteiger partial charge on any atom is 0.270 e. The maximum absolute atomic E-state index is 12.2. The van der Waals surface area contributed by atoms with E-state index in [9.17, 15) is 14.9 Å². The molecule has 0 aliphatic heterocycles. The van der Waals surface area contributed by atoms with Gasteiger partial charge in [0.2, 0.25) is 0 Å². The van der Waals surface area contributed by atoms with E-state index in [0.29, 0.717) is 15.9 Å². The lowest BCUT2D eigenvalue weighted by atomic mass is 10.2. The highest BCUT2D eigenvalue weighted by molar-refractivity contribution is 9.10. The summed E-state index contributed by atoms with van der Waals surface area (Å²) in [7, 11) is 1.54. The average molecular weight is 445 g/mol. The van der Waals surface area contributed by atoms with Crippen molar-refractivity contribution in [3.8, 4) is 5.75 Å². The van der Waals surface area contributed by atoms with Gasteiger partial charge in [-0.1, -0.05) is 11.6 Å².